The summed E-state index contributed by atoms with van der Waals surface area (Å²) < 4.78 is 0. The third-order valence-corrected chi connectivity index (χ3v) is 5.62. The van der Waals surface area contributed by atoms with Crippen LogP contribution in [0.25, 0.3) is 0 Å². The van der Waals surface area contributed by atoms with Crippen molar-refractivity contribution in [2.75, 3.05) is 18.4 Å². The van der Waals surface area contributed by atoms with E-state index in [1.807, 2.05) is 60.7 Å². The first-order valence-electron chi connectivity index (χ1n) is 10.8. The molecular formula is C26H25ClN4O2. The number of anilines is 1. The molecule has 1 heterocycles. The van der Waals surface area contributed by atoms with Gasteiger partial charge in [-0.05, 0) is 41.0 Å². The van der Waals surface area contributed by atoms with Crippen molar-refractivity contribution >= 4 is 40.5 Å². The summed E-state index contributed by atoms with van der Waals surface area (Å²) in [4.78, 5) is 28.8. The maximum Gasteiger partial charge on any atom is 0.238 e. The first kappa shape index (κ1) is 22.7. The van der Waals surface area contributed by atoms with Crippen molar-refractivity contribution < 1.29 is 9.59 Å². The van der Waals surface area contributed by atoms with E-state index in [1.54, 1.807) is 12.1 Å². The lowest BCUT2D eigenvalue weighted by Crippen LogP contribution is -2.29. The Morgan fingerprint density at radius 3 is 2.52 bits per heavy atom. The summed E-state index contributed by atoms with van der Waals surface area (Å²) in [5.74, 6) is -0.667. The monoisotopic (exact) mass is 460 g/mol. The fourth-order valence-corrected chi connectivity index (χ4v) is 3.97. The van der Waals surface area contributed by atoms with Crippen LogP contribution in [0.15, 0.2) is 77.8 Å². The number of hydrogen-bond acceptors (Lipinski definition) is 4. The van der Waals surface area contributed by atoms with E-state index in [0.717, 1.165) is 28.1 Å². The number of carbonyl (C=O) groups excluding carboxylic acids is 2. The van der Waals surface area contributed by atoms with Gasteiger partial charge in [-0.15, -0.1) is 0 Å². The number of hydrogen-bond donors (Lipinski definition) is 3. The second-order valence-electron chi connectivity index (χ2n) is 7.84. The molecule has 1 unspecified atom stereocenters. The van der Waals surface area contributed by atoms with Gasteiger partial charge >= 0.3 is 0 Å². The molecule has 7 heteroatoms. The number of carbonyl (C=O) groups is 2. The van der Waals surface area contributed by atoms with Crippen LogP contribution in [0.3, 0.4) is 0 Å². The van der Waals surface area contributed by atoms with E-state index >= 15 is 0 Å². The largest absolute Gasteiger partial charge is 0.355 e. The Labute approximate surface area is 198 Å². The molecular weight excluding hydrogens is 436 g/mol. The molecule has 0 aromatic heterocycles. The van der Waals surface area contributed by atoms with E-state index in [-0.39, 0.29) is 11.8 Å². The Morgan fingerprint density at radius 1 is 1.03 bits per heavy atom. The Kier molecular flexibility index (Phi) is 7.17. The van der Waals surface area contributed by atoms with E-state index in [1.165, 1.54) is 6.92 Å². The van der Waals surface area contributed by atoms with Crippen molar-refractivity contribution in [1.82, 2.24) is 10.6 Å². The molecule has 0 fully saturated rings. The summed E-state index contributed by atoms with van der Waals surface area (Å²) >= 11 is 6.12. The molecule has 6 nitrogen and oxygen atoms in total. The van der Waals surface area contributed by atoms with E-state index in [2.05, 4.69) is 16.0 Å². The summed E-state index contributed by atoms with van der Waals surface area (Å²) in [7, 11) is 0. The zero-order valence-corrected chi connectivity index (χ0v) is 19.0. The molecule has 0 bridgehead atoms. The highest BCUT2D eigenvalue weighted by Gasteiger charge is 2.35. The summed E-state index contributed by atoms with van der Waals surface area (Å²) in [5, 5.41) is 9.57. The highest BCUT2D eigenvalue weighted by Crippen LogP contribution is 2.37. The Morgan fingerprint density at radius 2 is 1.79 bits per heavy atom. The lowest BCUT2D eigenvalue weighted by atomic mass is 9.90. The van der Waals surface area contributed by atoms with Crippen molar-refractivity contribution in [2.45, 2.75) is 19.4 Å². The molecule has 1 aliphatic heterocycles. The summed E-state index contributed by atoms with van der Waals surface area (Å²) in [6, 6.07) is 23.1. The Balaban J connectivity index is 1.57. The lowest BCUT2D eigenvalue weighted by molar-refractivity contribution is -0.119. The van der Waals surface area contributed by atoms with Gasteiger partial charge in [-0.3, -0.25) is 14.6 Å². The van der Waals surface area contributed by atoms with E-state index in [0.29, 0.717) is 30.4 Å². The third kappa shape index (κ3) is 5.66. The van der Waals surface area contributed by atoms with Gasteiger partial charge in [-0.25, -0.2) is 0 Å². The van der Waals surface area contributed by atoms with E-state index in [4.69, 9.17) is 16.6 Å². The average molecular weight is 461 g/mol. The second-order valence-corrected chi connectivity index (χ2v) is 8.28. The van der Waals surface area contributed by atoms with Crippen LogP contribution in [0.5, 0.6) is 0 Å². The second kappa shape index (κ2) is 10.4. The standard InChI is InChI=1S/C26H25ClN4O2/c1-17(32)29-14-13-28-16-18-7-10-21(11-8-18)30-25(19-5-3-2-4-6-19)24-22-12-9-20(27)15-23(22)31-26(24)33/h2-12,15,24,28H,13-14,16H2,1H3,(H,29,32)(H,31,33). The molecule has 3 N–H and O–H groups in total. The van der Waals surface area contributed by atoms with Crippen LogP contribution in [0.4, 0.5) is 11.4 Å². The van der Waals surface area contributed by atoms with Crippen molar-refractivity contribution in [3.8, 4) is 0 Å². The number of fused-ring (bicyclic) bond motifs is 1. The minimum Gasteiger partial charge on any atom is -0.355 e. The fraction of sp³-hybridized carbons (Fsp3) is 0.192. The lowest BCUT2D eigenvalue weighted by Gasteiger charge is -2.14. The molecule has 0 spiro atoms. The smallest absolute Gasteiger partial charge is 0.238 e. The van der Waals surface area contributed by atoms with Crippen molar-refractivity contribution in [3.63, 3.8) is 0 Å². The SMILES string of the molecule is CC(=O)NCCNCc1ccc(N=C(c2ccccc2)C2C(=O)Nc3cc(Cl)ccc32)cc1. The predicted molar refractivity (Wildman–Crippen MR) is 132 cm³/mol. The molecule has 0 aliphatic carbocycles. The van der Waals surface area contributed by atoms with E-state index in [9.17, 15) is 9.59 Å². The van der Waals surface area contributed by atoms with Crippen LogP contribution in [-0.4, -0.2) is 30.6 Å². The van der Waals surface area contributed by atoms with Gasteiger partial charge in [0.25, 0.3) is 0 Å². The number of benzene rings is 3. The highest BCUT2D eigenvalue weighted by molar-refractivity contribution is 6.31. The highest BCUT2D eigenvalue weighted by atomic mass is 35.5. The first-order valence-corrected chi connectivity index (χ1v) is 11.2. The number of amides is 2. The van der Waals surface area contributed by atoms with E-state index < -0.39 is 5.92 Å². The summed E-state index contributed by atoms with van der Waals surface area (Å²) in [5.41, 5.74) is 5.05. The molecule has 2 amide bonds. The minimum atomic E-state index is -0.519. The molecule has 33 heavy (non-hydrogen) atoms. The van der Waals surface area contributed by atoms with Crippen LogP contribution in [0.1, 0.15) is 29.5 Å². The Bertz CT molecular complexity index is 1180. The van der Waals surface area contributed by atoms with Gasteiger partial charge in [0.2, 0.25) is 11.8 Å². The zero-order valence-electron chi connectivity index (χ0n) is 18.3. The molecule has 1 atom stereocenters. The van der Waals surface area contributed by atoms with Gasteiger partial charge in [-0.1, -0.05) is 60.1 Å². The fourth-order valence-electron chi connectivity index (χ4n) is 3.80. The van der Waals surface area contributed by atoms with Crippen LogP contribution in [0.2, 0.25) is 5.02 Å². The predicted octanol–water partition coefficient (Wildman–Crippen LogP) is 4.42. The maximum atomic E-state index is 12.9. The number of aliphatic imine (C=N–C) groups is 1. The van der Waals surface area contributed by atoms with Crippen molar-refractivity contribution in [1.29, 1.82) is 0 Å². The molecule has 168 valence electrons. The average Bonchev–Trinajstić information content (AvgIpc) is 3.13. The number of rotatable bonds is 8. The third-order valence-electron chi connectivity index (χ3n) is 5.38. The number of halogens is 1. The van der Waals surface area contributed by atoms with Crippen molar-refractivity contribution in [2.24, 2.45) is 4.99 Å². The maximum absolute atomic E-state index is 12.9. The minimum absolute atomic E-state index is 0.0325. The molecule has 0 radical (unpaired) electrons. The molecule has 0 saturated carbocycles. The van der Waals surface area contributed by atoms with Crippen LogP contribution >= 0.6 is 11.6 Å². The summed E-state index contributed by atoms with van der Waals surface area (Å²) in [6.07, 6.45) is 0. The van der Waals surface area contributed by atoms with Crippen LogP contribution in [-0.2, 0) is 16.1 Å². The first-order chi connectivity index (χ1) is 16.0. The Hall–Kier alpha value is -3.48. The number of nitrogens with zero attached hydrogens (tertiary/aromatic N) is 1. The zero-order chi connectivity index (χ0) is 23.2. The number of nitrogens with one attached hydrogen (secondary N) is 3. The van der Waals surface area contributed by atoms with Gasteiger partial charge in [0.15, 0.2) is 0 Å². The van der Waals surface area contributed by atoms with Gasteiger partial charge in [0, 0.05) is 37.3 Å². The van der Waals surface area contributed by atoms with Gasteiger partial charge in [0.1, 0.15) is 5.92 Å². The summed E-state index contributed by atoms with van der Waals surface area (Å²) in [6.45, 7) is 3.48. The molecule has 1 aliphatic rings. The van der Waals surface area contributed by atoms with Gasteiger partial charge < -0.3 is 16.0 Å². The molecule has 4 rings (SSSR count). The topological polar surface area (TPSA) is 82.6 Å². The quantitative estimate of drug-likeness (QED) is 0.343. The van der Waals surface area contributed by atoms with Gasteiger partial charge in [0.05, 0.1) is 11.4 Å². The van der Waals surface area contributed by atoms with Gasteiger partial charge in [-0.2, -0.15) is 0 Å². The van der Waals surface area contributed by atoms with Crippen LogP contribution in [0, 0.1) is 0 Å². The molecule has 3 aromatic carbocycles. The molecule has 0 saturated heterocycles. The van der Waals surface area contributed by atoms with Crippen LogP contribution < -0.4 is 16.0 Å². The molecule has 3 aromatic rings. The normalized spacial score (nSPS) is 15.2. The van der Waals surface area contributed by atoms with Crippen molar-refractivity contribution in [3.05, 3.63) is 94.5 Å².